The summed E-state index contributed by atoms with van der Waals surface area (Å²) in [4.78, 5) is 16.7. The second kappa shape index (κ2) is 8.03. The number of amides is 1. The number of likely N-dealkylation sites (tertiary alicyclic amines) is 1. The largest absolute Gasteiger partial charge is 0.495 e. The SMILES string of the molecule is CCO[C@@H]1CN(C(=O)c2ccc(OC)c(N3CCOCC3)c2)C[C@H]1O. The van der Waals surface area contributed by atoms with Crippen LogP contribution < -0.4 is 9.64 Å². The summed E-state index contributed by atoms with van der Waals surface area (Å²) in [6, 6.07) is 5.46. The molecule has 1 N–H and O–H groups in total. The number of carbonyl (C=O) groups excluding carboxylic acids is 1. The van der Waals surface area contributed by atoms with Crippen LogP contribution in [0.1, 0.15) is 17.3 Å². The Balaban J connectivity index is 1.79. The maximum atomic E-state index is 12.9. The van der Waals surface area contributed by atoms with Crippen molar-refractivity contribution in [3.8, 4) is 5.75 Å². The van der Waals surface area contributed by atoms with Gasteiger partial charge in [0.25, 0.3) is 5.91 Å². The van der Waals surface area contributed by atoms with Gasteiger partial charge in [0.15, 0.2) is 0 Å². The van der Waals surface area contributed by atoms with Crippen LogP contribution in [0.5, 0.6) is 5.75 Å². The van der Waals surface area contributed by atoms with E-state index in [1.807, 2.05) is 19.1 Å². The molecule has 2 heterocycles. The van der Waals surface area contributed by atoms with E-state index in [1.165, 1.54) is 0 Å². The third kappa shape index (κ3) is 3.89. The number of ether oxygens (including phenoxy) is 3. The lowest BCUT2D eigenvalue weighted by Gasteiger charge is -2.30. The number of nitrogens with zero attached hydrogens (tertiary/aromatic N) is 2. The molecule has 1 aromatic rings. The van der Waals surface area contributed by atoms with E-state index in [0.29, 0.717) is 38.5 Å². The van der Waals surface area contributed by atoms with Crippen LogP contribution in [0, 0.1) is 0 Å². The maximum absolute atomic E-state index is 12.9. The Bertz CT molecular complexity index is 603. The molecule has 7 heteroatoms. The minimum atomic E-state index is -0.638. The summed E-state index contributed by atoms with van der Waals surface area (Å²) in [7, 11) is 1.63. The Labute approximate surface area is 148 Å². The number of hydrogen-bond acceptors (Lipinski definition) is 6. The van der Waals surface area contributed by atoms with E-state index < -0.39 is 6.10 Å². The average Bonchev–Trinajstić information content (AvgIpc) is 3.02. The fraction of sp³-hybridized carbons (Fsp3) is 0.611. The van der Waals surface area contributed by atoms with Gasteiger partial charge in [-0.25, -0.2) is 0 Å². The fourth-order valence-electron chi connectivity index (χ4n) is 3.36. The smallest absolute Gasteiger partial charge is 0.254 e. The third-order valence-corrected chi connectivity index (χ3v) is 4.68. The van der Waals surface area contributed by atoms with Crippen molar-refractivity contribution in [3.05, 3.63) is 23.8 Å². The molecule has 0 aliphatic carbocycles. The summed E-state index contributed by atoms with van der Waals surface area (Å²) in [5.41, 5.74) is 1.49. The van der Waals surface area contributed by atoms with E-state index >= 15 is 0 Å². The Morgan fingerprint density at radius 2 is 2.08 bits per heavy atom. The Hall–Kier alpha value is -1.83. The molecule has 2 saturated heterocycles. The predicted octanol–water partition coefficient (Wildman–Crippen LogP) is 0.754. The number of β-amino-alcohol motifs (C(OH)–C–C–N with tert-alkyl or cyclic N) is 1. The Morgan fingerprint density at radius 1 is 1.32 bits per heavy atom. The molecule has 0 bridgehead atoms. The van der Waals surface area contributed by atoms with Gasteiger partial charge in [-0.15, -0.1) is 0 Å². The predicted molar refractivity (Wildman–Crippen MR) is 93.4 cm³/mol. The molecule has 0 radical (unpaired) electrons. The van der Waals surface area contributed by atoms with Gasteiger partial charge in [0.1, 0.15) is 11.9 Å². The van der Waals surface area contributed by atoms with Gasteiger partial charge in [-0.05, 0) is 25.1 Å². The van der Waals surface area contributed by atoms with Crippen LogP contribution in [0.2, 0.25) is 0 Å². The van der Waals surface area contributed by atoms with Crippen molar-refractivity contribution in [3.63, 3.8) is 0 Å². The second-order valence-corrected chi connectivity index (χ2v) is 6.26. The molecule has 1 amide bonds. The standard InChI is InChI=1S/C18H26N2O5/c1-3-25-17-12-20(11-15(17)21)18(22)13-4-5-16(23-2)14(10-13)19-6-8-24-9-7-19/h4-5,10,15,17,21H,3,6-9,11-12H2,1-2H3/t15-,17-/m1/s1. The van der Waals surface area contributed by atoms with Crippen LogP contribution in [0.15, 0.2) is 18.2 Å². The summed E-state index contributed by atoms with van der Waals surface area (Å²) in [5, 5.41) is 10.1. The minimum absolute atomic E-state index is 0.0987. The molecule has 2 aliphatic heterocycles. The molecule has 0 aromatic heterocycles. The normalized spacial score (nSPS) is 23.8. The Kier molecular flexibility index (Phi) is 5.78. The molecule has 2 aliphatic rings. The molecule has 2 fully saturated rings. The lowest BCUT2D eigenvalue weighted by Crippen LogP contribution is -2.36. The molecule has 1 aromatic carbocycles. The highest BCUT2D eigenvalue weighted by atomic mass is 16.5. The van der Waals surface area contributed by atoms with E-state index in [0.717, 1.165) is 24.5 Å². The van der Waals surface area contributed by atoms with Crippen LogP contribution in [0.3, 0.4) is 0 Å². The van der Waals surface area contributed by atoms with Crippen LogP contribution in [-0.2, 0) is 9.47 Å². The zero-order chi connectivity index (χ0) is 17.8. The van der Waals surface area contributed by atoms with Gasteiger partial charge in [0.05, 0.1) is 32.1 Å². The van der Waals surface area contributed by atoms with Crippen LogP contribution >= 0.6 is 0 Å². The van der Waals surface area contributed by atoms with Crippen molar-refractivity contribution >= 4 is 11.6 Å². The van der Waals surface area contributed by atoms with Crippen LogP contribution in [-0.4, -0.2) is 81.2 Å². The van der Waals surface area contributed by atoms with Crippen molar-refractivity contribution in [1.29, 1.82) is 0 Å². The number of anilines is 1. The molecular formula is C18H26N2O5. The van der Waals surface area contributed by atoms with E-state index in [4.69, 9.17) is 14.2 Å². The van der Waals surface area contributed by atoms with Crippen molar-refractivity contribution in [2.75, 3.05) is 58.0 Å². The third-order valence-electron chi connectivity index (χ3n) is 4.68. The number of methoxy groups -OCH3 is 1. The summed E-state index contributed by atoms with van der Waals surface area (Å²) in [5.74, 6) is 0.644. The summed E-state index contributed by atoms with van der Waals surface area (Å²) in [6.45, 7) is 5.97. The number of rotatable bonds is 5. The van der Waals surface area contributed by atoms with Crippen molar-refractivity contribution in [1.82, 2.24) is 4.90 Å². The number of morpholine rings is 1. The number of aliphatic hydroxyl groups is 1. The zero-order valence-corrected chi connectivity index (χ0v) is 14.8. The number of benzene rings is 1. The van der Waals surface area contributed by atoms with Gasteiger partial charge in [-0.1, -0.05) is 0 Å². The van der Waals surface area contributed by atoms with E-state index in [9.17, 15) is 9.90 Å². The molecule has 0 spiro atoms. The van der Waals surface area contributed by atoms with Gasteiger partial charge < -0.3 is 29.1 Å². The Morgan fingerprint density at radius 3 is 2.76 bits per heavy atom. The van der Waals surface area contributed by atoms with E-state index in [2.05, 4.69) is 4.90 Å². The summed E-state index contributed by atoms with van der Waals surface area (Å²) < 4.78 is 16.4. The highest BCUT2D eigenvalue weighted by Crippen LogP contribution is 2.31. The molecule has 2 atom stereocenters. The lowest BCUT2D eigenvalue weighted by molar-refractivity contribution is -0.00237. The maximum Gasteiger partial charge on any atom is 0.254 e. The number of hydrogen-bond donors (Lipinski definition) is 1. The van der Waals surface area contributed by atoms with Gasteiger partial charge in [0.2, 0.25) is 0 Å². The first-order chi connectivity index (χ1) is 12.1. The molecule has 3 rings (SSSR count). The van der Waals surface area contributed by atoms with Gasteiger partial charge in [0, 0.05) is 38.3 Å². The average molecular weight is 350 g/mol. The van der Waals surface area contributed by atoms with E-state index in [1.54, 1.807) is 18.1 Å². The number of aliphatic hydroxyl groups excluding tert-OH is 1. The first kappa shape index (κ1) is 18.0. The zero-order valence-electron chi connectivity index (χ0n) is 14.8. The quantitative estimate of drug-likeness (QED) is 0.845. The molecule has 138 valence electrons. The van der Waals surface area contributed by atoms with Crippen molar-refractivity contribution in [2.24, 2.45) is 0 Å². The molecule has 0 saturated carbocycles. The monoisotopic (exact) mass is 350 g/mol. The highest BCUT2D eigenvalue weighted by Gasteiger charge is 2.35. The molecule has 0 unspecified atom stereocenters. The summed E-state index contributed by atoms with van der Waals surface area (Å²) >= 11 is 0. The molecular weight excluding hydrogens is 324 g/mol. The van der Waals surface area contributed by atoms with Crippen LogP contribution in [0.4, 0.5) is 5.69 Å². The molecule has 7 nitrogen and oxygen atoms in total. The summed E-state index contributed by atoms with van der Waals surface area (Å²) in [6.07, 6.45) is -0.952. The van der Waals surface area contributed by atoms with Crippen molar-refractivity contribution < 1.29 is 24.1 Å². The first-order valence-corrected chi connectivity index (χ1v) is 8.73. The van der Waals surface area contributed by atoms with Gasteiger partial charge in [-0.3, -0.25) is 4.79 Å². The first-order valence-electron chi connectivity index (χ1n) is 8.73. The number of carbonyl (C=O) groups is 1. The van der Waals surface area contributed by atoms with Gasteiger partial charge >= 0.3 is 0 Å². The lowest BCUT2D eigenvalue weighted by atomic mass is 10.1. The van der Waals surface area contributed by atoms with Crippen LogP contribution in [0.25, 0.3) is 0 Å². The van der Waals surface area contributed by atoms with Crippen molar-refractivity contribution in [2.45, 2.75) is 19.1 Å². The topological polar surface area (TPSA) is 71.5 Å². The second-order valence-electron chi connectivity index (χ2n) is 6.26. The minimum Gasteiger partial charge on any atom is -0.495 e. The highest BCUT2D eigenvalue weighted by molar-refractivity contribution is 5.96. The molecule has 25 heavy (non-hydrogen) atoms. The fourth-order valence-corrected chi connectivity index (χ4v) is 3.36. The van der Waals surface area contributed by atoms with Gasteiger partial charge in [-0.2, -0.15) is 0 Å². The van der Waals surface area contributed by atoms with E-state index in [-0.39, 0.29) is 12.0 Å².